The van der Waals surface area contributed by atoms with Crippen LogP contribution in [-0.2, 0) is 0 Å². The molecule has 1 aromatic heterocycles. The Morgan fingerprint density at radius 2 is 1.79 bits per heavy atom. The Bertz CT molecular complexity index is 1280. The van der Waals surface area contributed by atoms with Crippen LogP contribution >= 0.6 is 15.9 Å². The molecule has 15 heteroatoms. The normalized spacial score (nSPS) is 20.3. The highest BCUT2D eigenvalue weighted by molar-refractivity contribution is 9.10. The number of aromatic nitrogens is 1. The molecular formula is C24H25BrF4N6O4. The molecular weight excluding hydrogens is 592 g/mol. The van der Waals surface area contributed by atoms with E-state index in [0.29, 0.717) is 35.5 Å². The lowest BCUT2D eigenvalue weighted by Gasteiger charge is -2.38. The Kier molecular flexibility index (Phi) is 8.00. The van der Waals surface area contributed by atoms with Crippen LogP contribution in [0.15, 0.2) is 35.1 Å². The molecule has 0 spiro atoms. The summed E-state index contributed by atoms with van der Waals surface area (Å²) in [5.74, 6) is -9.16. The standard InChI is InChI=1S/C24H25BrF4N6O4/c1-30-17-5-14(8-31-9-17)21(36)33-4-2-3-16(10-33)32-20-18(6-15(25)7-19(20)35(38)39)22(37)34-12-23(26,27)11-24(28,29)13-34/h5-9,16,30,32H,2-4,10-13H2,1H3/t16-/m1/s1. The highest BCUT2D eigenvalue weighted by atomic mass is 79.9. The van der Waals surface area contributed by atoms with Gasteiger partial charge < -0.3 is 20.4 Å². The molecule has 2 N–H and O–H groups in total. The van der Waals surface area contributed by atoms with Crippen molar-refractivity contribution in [1.82, 2.24) is 14.8 Å². The number of pyridine rings is 1. The fourth-order valence-corrected chi connectivity index (χ4v) is 5.28. The maximum absolute atomic E-state index is 14.0. The van der Waals surface area contributed by atoms with Gasteiger partial charge in [0, 0.05) is 49.1 Å². The minimum absolute atomic E-state index is 0.0935. The van der Waals surface area contributed by atoms with Crippen LogP contribution in [0.5, 0.6) is 0 Å². The molecule has 4 rings (SSSR count). The van der Waals surface area contributed by atoms with E-state index in [0.717, 1.165) is 6.07 Å². The van der Waals surface area contributed by atoms with E-state index in [-0.39, 0.29) is 22.6 Å². The number of likely N-dealkylation sites (tertiary alicyclic amines) is 2. The molecule has 0 unspecified atom stereocenters. The molecule has 39 heavy (non-hydrogen) atoms. The second-order valence-corrected chi connectivity index (χ2v) is 10.5. The van der Waals surface area contributed by atoms with Gasteiger partial charge in [-0.1, -0.05) is 15.9 Å². The Morgan fingerprint density at radius 3 is 2.44 bits per heavy atom. The average molecular weight is 617 g/mol. The van der Waals surface area contributed by atoms with Gasteiger partial charge >= 0.3 is 0 Å². The SMILES string of the molecule is CNc1cncc(C(=O)N2CCC[C@@H](Nc3c(C(=O)N4CC(F)(F)CC(F)(F)C4)cc(Br)cc3[N+](=O)[O-])C2)c1. The molecule has 0 saturated carbocycles. The van der Waals surface area contributed by atoms with E-state index < -0.39 is 59.5 Å². The zero-order chi connectivity index (χ0) is 28.5. The van der Waals surface area contributed by atoms with Crippen molar-refractivity contribution >= 4 is 44.8 Å². The van der Waals surface area contributed by atoms with Crippen LogP contribution in [0.2, 0.25) is 0 Å². The number of carbonyl (C=O) groups is 2. The number of nitro groups is 1. The zero-order valence-electron chi connectivity index (χ0n) is 20.7. The molecule has 0 aliphatic carbocycles. The van der Waals surface area contributed by atoms with Crippen LogP contribution in [0, 0.1) is 10.1 Å². The monoisotopic (exact) mass is 616 g/mol. The van der Waals surface area contributed by atoms with Crippen molar-refractivity contribution in [2.45, 2.75) is 37.1 Å². The summed E-state index contributed by atoms with van der Waals surface area (Å²) < 4.78 is 56.3. The van der Waals surface area contributed by atoms with Crippen LogP contribution in [0.3, 0.4) is 0 Å². The molecule has 0 bridgehead atoms. The molecule has 10 nitrogen and oxygen atoms in total. The van der Waals surface area contributed by atoms with Crippen LogP contribution in [0.4, 0.5) is 34.6 Å². The van der Waals surface area contributed by atoms with Crippen molar-refractivity contribution < 1.29 is 32.1 Å². The first-order valence-corrected chi connectivity index (χ1v) is 12.8. The number of halogens is 5. The minimum Gasteiger partial charge on any atom is -0.387 e. The fraction of sp³-hybridized carbons (Fsp3) is 0.458. The number of anilines is 2. The van der Waals surface area contributed by atoms with Gasteiger partial charge in [-0.2, -0.15) is 0 Å². The molecule has 1 aromatic carbocycles. The van der Waals surface area contributed by atoms with E-state index >= 15 is 0 Å². The number of carbonyl (C=O) groups excluding carboxylic acids is 2. The Morgan fingerprint density at radius 1 is 1.10 bits per heavy atom. The minimum atomic E-state index is -3.83. The van der Waals surface area contributed by atoms with Crippen LogP contribution < -0.4 is 10.6 Å². The number of hydrogen-bond acceptors (Lipinski definition) is 7. The smallest absolute Gasteiger partial charge is 0.294 e. The number of nitro benzene ring substituents is 1. The van der Waals surface area contributed by atoms with Gasteiger partial charge in [0.2, 0.25) is 0 Å². The maximum atomic E-state index is 14.0. The summed E-state index contributed by atoms with van der Waals surface area (Å²) in [7, 11) is 1.68. The molecule has 2 aliphatic heterocycles. The Balaban J connectivity index is 1.63. The van der Waals surface area contributed by atoms with Crippen molar-refractivity contribution in [1.29, 1.82) is 0 Å². The fourth-order valence-electron chi connectivity index (χ4n) is 4.84. The number of rotatable bonds is 6. The van der Waals surface area contributed by atoms with Crippen molar-refractivity contribution in [2.24, 2.45) is 0 Å². The number of hydrogen-bond donors (Lipinski definition) is 2. The van der Waals surface area contributed by atoms with Crippen LogP contribution in [-0.4, -0.2) is 82.6 Å². The van der Waals surface area contributed by atoms with E-state index in [1.165, 1.54) is 17.2 Å². The van der Waals surface area contributed by atoms with Crippen molar-refractivity contribution in [3.05, 3.63) is 56.3 Å². The third-order valence-corrected chi connectivity index (χ3v) is 6.95. The predicted octanol–water partition coefficient (Wildman–Crippen LogP) is 4.63. The molecule has 2 fully saturated rings. The molecule has 3 heterocycles. The summed E-state index contributed by atoms with van der Waals surface area (Å²) in [4.78, 5) is 43.4. The molecule has 210 valence electrons. The third kappa shape index (κ3) is 6.57. The van der Waals surface area contributed by atoms with Crippen molar-refractivity contribution in [3.8, 4) is 0 Å². The lowest BCUT2D eigenvalue weighted by molar-refractivity contribution is -0.384. The van der Waals surface area contributed by atoms with Gasteiger partial charge in [0.25, 0.3) is 29.3 Å². The number of nitrogens with one attached hydrogen (secondary N) is 2. The quantitative estimate of drug-likeness (QED) is 0.276. The predicted molar refractivity (Wildman–Crippen MR) is 138 cm³/mol. The van der Waals surface area contributed by atoms with E-state index in [9.17, 15) is 37.3 Å². The van der Waals surface area contributed by atoms with Gasteiger partial charge in [-0.05, 0) is 25.0 Å². The first-order valence-electron chi connectivity index (χ1n) is 12.0. The van der Waals surface area contributed by atoms with Crippen LogP contribution in [0.25, 0.3) is 0 Å². The number of piperidine rings is 2. The number of benzene rings is 1. The highest BCUT2D eigenvalue weighted by Gasteiger charge is 2.52. The van der Waals surface area contributed by atoms with Gasteiger partial charge in [-0.25, -0.2) is 17.6 Å². The van der Waals surface area contributed by atoms with Gasteiger partial charge in [-0.15, -0.1) is 0 Å². The maximum Gasteiger partial charge on any atom is 0.294 e. The zero-order valence-corrected chi connectivity index (χ0v) is 22.3. The molecule has 2 amide bonds. The van der Waals surface area contributed by atoms with E-state index in [1.54, 1.807) is 19.3 Å². The Labute approximate surface area is 229 Å². The first kappa shape index (κ1) is 28.5. The summed E-state index contributed by atoms with van der Waals surface area (Å²) in [6, 6.07) is 3.37. The van der Waals surface area contributed by atoms with Gasteiger partial charge in [0.1, 0.15) is 5.69 Å². The largest absolute Gasteiger partial charge is 0.387 e. The number of nitrogens with zero attached hydrogens (tertiary/aromatic N) is 4. The van der Waals surface area contributed by atoms with E-state index in [4.69, 9.17) is 0 Å². The molecule has 2 aromatic rings. The van der Waals surface area contributed by atoms with Gasteiger partial charge in [0.15, 0.2) is 0 Å². The third-order valence-electron chi connectivity index (χ3n) is 6.49. The average Bonchev–Trinajstić information content (AvgIpc) is 2.86. The van der Waals surface area contributed by atoms with Crippen molar-refractivity contribution in [2.75, 3.05) is 43.9 Å². The second-order valence-electron chi connectivity index (χ2n) is 9.60. The van der Waals surface area contributed by atoms with E-state index in [2.05, 4.69) is 31.5 Å². The number of alkyl halides is 4. The summed E-state index contributed by atoms with van der Waals surface area (Å²) in [6.45, 7) is -1.96. The number of amides is 2. The summed E-state index contributed by atoms with van der Waals surface area (Å²) in [6.07, 6.45) is 2.28. The van der Waals surface area contributed by atoms with Crippen LogP contribution in [0.1, 0.15) is 40.0 Å². The molecule has 2 aliphatic rings. The summed E-state index contributed by atoms with van der Waals surface area (Å²) in [5, 5.41) is 17.7. The molecule has 0 radical (unpaired) electrons. The second kappa shape index (κ2) is 10.9. The summed E-state index contributed by atoms with van der Waals surface area (Å²) >= 11 is 3.08. The molecule has 2 saturated heterocycles. The highest BCUT2D eigenvalue weighted by Crippen LogP contribution is 2.39. The van der Waals surface area contributed by atoms with Gasteiger partial charge in [-0.3, -0.25) is 24.7 Å². The first-order chi connectivity index (χ1) is 18.3. The molecule has 1 atom stereocenters. The van der Waals surface area contributed by atoms with Crippen molar-refractivity contribution in [3.63, 3.8) is 0 Å². The Hall–Kier alpha value is -3.49. The topological polar surface area (TPSA) is 121 Å². The lowest BCUT2D eigenvalue weighted by Crippen LogP contribution is -2.54. The lowest BCUT2D eigenvalue weighted by atomic mass is 10.0. The van der Waals surface area contributed by atoms with E-state index in [1.807, 2.05) is 0 Å². The van der Waals surface area contributed by atoms with Gasteiger partial charge in [0.05, 0.1) is 41.2 Å². The summed E-state index contributed by atoms with van der Waals surface area (Å²) in [5.41, 5.74) is -0.268.